The van der Waals surface area contributed by atoms with Gasteiger partial charge in [-0.1, -0.05) is 37.3 Å². The molecule has 2 aliphatic rings. The molecule has 1 amide bonds. The quantitative estimate of drug-likeness (QED) is 0.494. The number of ether oxygens (including phenoxy) is 2. The largest absolute Gasteiger partial charge is 0.490 e. The average molecular weight is 474 g/mol. The Balaban J connectivity index is 1.13. The highest BCUT2D eigenvalue weighted by Gasteiger charge is 2.30. The number of aromatic nitrogens is 2. The Hall–Kier alpha value is -3.28. The van der Waals surface area contributed by atoms with Crippen LogP contribution in [0.1, 0.15) is 62.5 Å². The molecule has 0 bridgehead atoms. The van der Waals surface area contributed by atoms with Gasteiger partial charge in [0.15, 0.2) is 0 Å². The number of nitrogens with zero attached hydrogens (tertiary/aromatic N) is 2. The fourth-order valence-electron chi connectivity index (χ4n) is 5.40. The predicted octanol–water partition coefficient (Wildman–Crippen LogP) is 5.47. The van der Waals surface area contributed by atoms with E-state index in [1.807, 2.05) is 28.9 Å². The van der Waals surface area contributed by atoms with E-state index < -0.39 is 0 Å². The maximum Gasteiger partial charge on any atom is 0.223 e. The van der Waals surface area contributed by atoms with Crippen LogP contribution in [0.5, 0.6) is 11.5 Å². The molecule has 1 aliphatic carbocycles. The molecule has 1 N–H and O–H groups in total. The third-order valence-corrected chi connectivity index (χ3v) is 7.37. The highest BCUT2D eigenvalue weighted by Crippen LogP contribution is 2.40. The number of carbonyl (C=O) groups is 1. The summed E-state index contributed by atoms with van der Waals surface area (Å²) in [6, 6.07) is 18.6. The third kappa shape index (κ3) is 5.37. The molecule has 1 fully saturated rings. The summed E-state index contributed by atoms with van der Waals surface area (Å²) in [5, 5.41) is 7.36. The summed E-state index contributed by atoms with van der Waals surface area (Å²) in [7, 11) is 0. The van der Waals surface area contributed by atoms with Crippen molar-refractivity contribution >= 4 is 5.91 Å². The van der Waals surface area contributed by atoms with Crippen LogP contribution in [0.4, 0.5) is 0 Å². The van der Waals surface area contributed by atoms with Crippen molar-refractivity contribution in [1.29, 1.82) is 0 Å². The Labute approximate surface area is 207 Å². The number of nitrogens with one attached hydrogen (secondary N) is 1. The van der Waals surface area contributed by atoms with Gasteiger partial charge in [0.25, 0.3) is 0 Å². The van der Waals surface area contributed by atoms with Gasteiger partial charge in [0.05, 0.1) is 18.3 Å². The molecule has 1 saturated carbocycles. The van der Waals surface area contributed by atoms with Crippen LogP contribution >= 0.6 is 0 Å². The van der Waals surface area contributed by atoms with Crippen molar-refractivity contribution in [2.24, 2.45) is 11.8 Å². The lowest BCUT2D eigenvalue weighted by atomic mass is 9.86. The Morgan fingerprint density at radius 2 is 1.91 bits per heavy atom. The Morgan fingerprint density at radius 3 is 2.69 bits per heavy atom. The first-order valence-electron chi connectivity index (χ1n) is 12.9. The number of carbonyl (C=O) groups excluding carboxylic acids is 1. The number of hydrogen-bond acceptors (Lipinski definition) is 4. The first-order valence-corrected chi connectivity index (χ1v) is 12.9. The van der Waals surface area contributed by atoms with Crippen LogP contribution in [0.2, 0.25) is 0 Å². The second-order valence-corrected chi connectivity index (χ2v) is 9.85. The van der Waals surface area contributed by atoms with E-state index in [9.17, 15) is 4.79 Å². The molecule has 1 aliphatic heterocycles. The van der Waals surface area contributed by atoms with Gasteiger partial charge in [0, 0.05) is 24.6 Å². The Kier molecular flexibility index (Phi) is 7.07. The number of benzene rings is 2. The van der Waals surface area contributed by atoms with Gasteiger partial charge in [-0.05, 0) is 74.4 Å². The van der Waals surface area contributed by atoms with Gasteiger partial charge >= 0.3 is 0 Å². The molecule has 0 spiro atoms. The van der Waals surface area contributed by atoms with E-state index in [1.165, 1.54) is 11.1 Å². The molecule has 2 heterocycles. The Morgan fingerprint density at radius 1 is 1.11 bits per heavy atom. The van der Waals surface area contributed by atoms with Crippen molar-refractivity contribution in [1.82, 2.24) is 15.1 Å². The van der Waals surface area contributed by atoms with Crippen LogP contribution in [-0.4, -0.2) is 21.8 Å². The van der Waals surface area contributed by atoms with Gasteiger partial charge < -0.3 is 14.8 Å². The zero-order valence-corrected chi connectivity index (χ0v) is 20.7. The molecule has 2 unspecified atom stereocenters. The molecule has 6 heteroatoms. The van der Waals surface area contributed by atoms with Gasteiger partial charge in [-0.15, -0.1) is 0 Å². The van der Waals surface area contributed by atoms with E-state index in [0.717, 1.165) is 55.8 Å². The monoisotopic (exact) mass is 473 g/mol. The van der Waals surface area contributed by atoms with E-state index in [-0.39, 0.29) is 24.0 Å². The molecule has 0 radical (unpaired) electrons. The standard InChI is InChI=1S/C29H35N3O3/c1-3-32-24(15-16-31-32)19-30-29(33)22-9-11-25(12-10-22)34-26-13-14-27-23(18-26)17-20(2)28(35-27)21-7-5-4-6-8-21/h4-8,13-16,18,20,22,25,28H,3,9-12,17,19H2,1-2H3,(H,30,33). The van der Waals surface area contributed by atoms with Crippen molar-refractivity contribution in [2.45, 2.75) is 71.2 Å². The smallest absolute Gasteiger partial charge is 0.223 e. The molecule has 35 heavy (non-hydrogen) atoms. The predicted molar refractivity (Wildman–Crippen MR) is 135 cm³/mol. The van der Waals surface area contributed by atoms with Crippen LogP contribution in [0.15, 0.2) is 60.8 Å². The second kappa shape index (κ2) is 10.5. The zero-order chi connectivity index (χ0) is 24.2. The summed E-state index contributed by atoms with van der Waals surface area (Å²) < 4.78 is 14.6. The molecule has 6 nitrogen and oxygen atoms in total. The fraction of sp³-hybridized carbons (Fsp3) is 0.448. The van der Waals surface area contributed by atoms with E-state index in [4.69, 9.17) is 9.47 Å². The Bertz CT molecular complexity index is 1140. The van der Waals surface area contributed by atoms with Gasteiger partial charge in [0.1, 0.15) is 17.6 Å². The van der Waals surface area contributed by atoms with Gasteiger partial charge in [-0.2, -0.15) is 5.10 Å². The van der Waals surface area contributed by atoms with Crippen LogP contribution in [0.3, 0.4) is 0 Å². The summed E-state index contributed by atoms with van der Waals surface area (Å²) >= 11 is 0. The number of aryl methyl sites for hydroxylation is 1. The lowest BCUT2D eigenvalue weighted by Gasteiger charge is -2.33. The van der Waals surface area contributed by atoms with E-state index in [2.05, 4.69) is 54.6 Å². The van der Waals surface area contributed by atoms with Crippen molar-refractivity contribution in [3.8, 4) is 11.5 Å². The average Bonchev–Trinajstić information content (AvgIpc) is 3.35. The number of amides is 1. The molecule has 2 aromatic carbocycles. The molecule has 184 valence electrons. The number of hydrogen-bond donors (Lipinski definition) is 1. The minimum atomic E-state index is 0.0561. The lowest BCUT2D eigenvalue weighted by molar-refractivity contribution is -0.126. The summed E-state index contributed by atoms with van der Waals surface area (Å²) in [6.45, 7) is 5.64. The van der Waals surface area contributed by atoms with Crippen LogP contribution < -0.4 is 14.8 Å². The topological polar surface area (TPSA) is 65.4 Å². The lowest BCUT2D eigenvalue weighted by Crippen LogP contribution is -2.35. The molecular weight excluding hydrogens is 438 g/mol. The minimum absolute atomic E-state index is 0.0561. The maximum absolute atomic E-state index is 12.7. The third-order valence-electron chi connectivity index (χ3n) is 7.37. The normalized spacial score (nSPS) is 23.7. The fourth-order valence-corrected chi connectivity index (χ4v) is 5.40. The maximum atomic E-state index is 12.7. The van der Waals surface area contributed by atoms with Crippen molar-refractivity contribution < 1.29 is 14.3 Å². The highest BCUT2D eigenvalue weighted by molar-refractivity contribution is 5.78. The molecule has 5 rings (SSSR count). The van der Waals surface area contributed by atoms with E-state index >= 15 is 0 Å². The van der Waals surface area contributed by atoms with Crippen molar-refractivity contribution in [3.05, 3.63) is 77.6 Å². The second-order valence-electron chi connectivity index (χ2n) is 9.85. The molecule has 1 aromatic heterocycles. The molecule has 2 atom stereocenters. The molecule has 0 saturated heterocycles. The van der Waals surface area contributed by atoms with Crippen LogP contribution in [0.25, 0.3) is 0 Å². The summed E-state index contributed by atoms with van der Waals surface area (Å²) in [4.78, 5) is 12.7. The summed E-state index contributed by atoms with van der Waals surface area (Å²) in [6.07, 6.45) is 6.48. The van der Waals surface area contributed by atoms with Crippen molar-refractivity contribution in [3.63, 3.8) is 0 Å². The summed E-state index contributed by atoms with van der Waals surface area (Å²) in [5.74, 6) is 2.44. The minimum Gasteiger partial charge on any atom is -0.490 e. The van der Waals surface area contributed by atoms with E-state index in [1.54, 1.807) is 6.20 Å². The first-order chi connectivity index (χ1) is 17.1. The number of rotatable bonds is 7. The number of fused-ring (bicyclic) bond motifs is 1. The van der Waals surface area contributed by atoms with Crippen LogP contribution in [-0.2, 0) is 24.3 Å². The summed E-state index contributed by atoms with van der Waals surface area (Å²) in [5.41, 5.74) is 3.47. The zero-order valence-electron chi connectivity index (χ0n) is 20.7. The van der Waals surface area contributed by atoms with Gasteiger partial charge in [-0.25, -0.2) is 0 Å². The highest BCUT2D eigenvalue weighted by atomic mass is 16.5. The SMILES string of the molecule is CCn1nccc1CNC(=O)C1CCC(Oc2ccc3c(c2)CC(C)C(c2ccccc2)O3)CC1. The first kappa shape index (κ1) is 23.5. The molecule has 3 aromatic rings. The van der Waals surface area contributed by atoms with Crippen LogP contribution in [0, 0.1) is 11.8 Å². The van der Waals surface area contributed by atoms with Gasteiger partial charge in [-0.3, -0.25) is 9.48 Å². The molecular formula is C29H35N3O3. The van der Waals surface area contributed by atoms with E-state index in [0.29, 0.717) is 12.5 Å². The van der Waals surface area contributed by atoms with Gasteiger partial charge in [0.2, 0.25) is 5.91 Å². The van der Waals surface area contributed by atoms with Crippen molar-refractivity contribution in [2.75, 3.05) is 0 Å².